The Morgan fingerprint density at radius 2 is 1.35 bits per heavy atom. The number of hydrogen-bond donors (Lipinski definition) is 1. The first-order valence-electron chi connectivity index (χ1n) is 8.48. The third-order valence-electron chi connectivity index (χ3n) is 3.31. The lowest BCUT2D eigenvalue weighted by atomic mass is 9.97. The van der Waals surface area contributed by atoms with Crippen LogP contribution in [0.25, 0.3) is 0 Å². The fourth-order valence-electron chi connectivity index (χ4n) is 1.64. The van der Waals surface area contributed by atoms with Gasteiger partial charge < -0.3 is 19.3 Å². The summed E-state index contributed by atoms with van der Waals surface area (Å²) in [5.74, 6) is -3.52. The van der Waals surface area contributed by atoms with Crippen LogP contribution in [0, 0.1) is 16.7 Å². The highest BCUT2D eigenvalue weighted by Crippen LogP contribution is 2.19. The number of esters is 3. The van der Waals surface area contributed by atoms with E-state index in [0.717, 1.165) is 0 Å². The Labute approximate surface area is 154 Å². The van der Waals surface area contributed by atoms with Crippen molar-refractivity contribution in [1.29, 1.82) is 0 Å². The lowest BCUT2D eigenvalue weighted by Gasteiger charge is -2.21. The maximum atomic E-state index is 12.2. The van der Waals surface area contributed by atoms with Gasteiger partial charge in [-0.3, -0.25) is 19.2 Å². The second-order valence-corrected chi connectivity index (χ2v) is 8.09. The van der Waals surface area contributed by atoms with Gasteiger partial charge in [0.15, 0.2) is 0 Å². The van der Waals surface area contributed by atoms with Crippen LogP contribution in [-0.2, 0) is 33.4 Å². The molecule has 0 bridgehead atoms. The number of carboxylic acids is 1. The van der Waals surface area contributed by atoms with E-state index < -0.39 is 47.4 Å². The highest BCUT2D eigenvalue weighted by atomic mass is 16.7. The summed E-state index contributed by atoms with van der Waals surface area (Å²) in [4.78, 5) is 46.3. The van der Waals surface area contributed by atoms with Gasteiger partial charge >= 0.3 is 23.9 Å². The normalized spacial score (nSPS) is 12.8. The smallest absolute Gasteiger partial charge is 0.315 e. The predicted octanol–water partition coefficient (Wildman–Crippen LogP) is 2.54. The van der Waals surface area contributed by atoms with Crippen molar-refractivity contribution in [2.45, 2.75) is 60.8 Å². The average Bonchev–Trinajstić information content (AvgIpc) is 2.47. The van der Waals surface area contributed by atoms with E-state index in [1.54, 1.807) is 41.5 Å². The molecule has 0 aromatic carbocycles. The Morgan fingerprint density at radius 1 is 0.846 bits per heavy atom. The summed E-state index contributed by atoms with van der Waals surface area (Å²) < 4.78 is 14.9. The zero-order valence-electron chi connectivity index (χ0n) is 16.4. The van der Waals surface area contributed by atoms with Crippen LogP contribution >= 0.6 is 0 Å². The maximum Gasteiger partial charge on any atom is 0.315 e. The summed E-state index contributed by atoms with van der Waals surface area (Å²) in [5.41, 5.74) is -1.45. The van der Waals surface area contributed by atoms with Gasteiger partial charge in [-0.2, -0.15) is 0 Å². The molecule has 1 atom stereocenters. The molecule has 0 saturated carbocycles. The molecule has 0 aliphatic heterocycles. The quantitative estimate of drug-likeness (QED) is 0.483. The molecule has 0 rings (SSSR count). The minimum absolute atomic E-state index is 0.115. The Balaban J connectivity index is 4.65. The molecule has 8 nitrogen and oxygen atoms in total. The van der Waals surface area contributed by atoms with Gasteiger partial charge in [0.05, 0.1) is 16.7 Å². The van der Waals surface area contributed by atoms with E-state index in [9.17, 15) is 19.2 Å². The van der Waals surface area contributed by atoms with E-state index in [1.165, 1.54) is 0 Å². The second kappa shape index (κ2) is 10.1. The molecule has 0 aromatic heterocycles. The number of rotatable bonds is 9. The molecule has 150 valence electrons. The monoisotopic (exact) mass is 374 g/mol. The number of aliphatic carboxylic acids is 1. The van der Waals surface area contributed by atoms with Gasteiger partial charge in [0.25, 0.3) is 0 Å². The van der Waals surface area contributed by atoms with Crippen molar-refractivity contribution >= 4 is 23.9 Å². The predicted molar refractivity (Wildman–Crippen MR) is 91.9 cm³/mol. The topological polar surface area (TPSA) is 116 Å². The number of carboxylic acid groups (broad SMARTS) is 1. The van der Waals surface area contributed by atoms with Crippen molar-refractivity contribution < 1.29 is 38.5 Å². The molecule has 0 heterocycles. The van der Waals surface area contributed by atoms with Gasteiger partial charge in [-0.25, -0.2) is 0 Å². The molecule has 8 heteroatoms. The molecule has 0 aromatic rings. The van der Waals surface area contributed by atoms with Crippen LogP contribution in [0.2, 0.25) is 0 Å². The molecule has 0 aliphatic rings. The fourth-order valence-corrected chi connectivity index (χ4v) is 1.64. The minimum atomic E-state index is -0.983. The first kappa shape index (κ1) is 23.9. The van der Waals surface area contributed by atoms with E-state index >= 15 is 0 Å². The van der Waals surface area contributed by atoms with Crippen LogP contribution in [0.5, 0.6) is 0 Å². The van der Waals surface area contributed by atoms with Gasteiger partial charge in [-0.15, -0.1) is 0 Å². The first-order chi connectivity index (χ1) is 11.7. The Hall–Kier alpha value is -2.12. The van der Waals surface area contributed by atoms with Crippen LogP contribution < -0.4 is 0 Å². The second-order valence-electron chi connectivity index (χ2n) is 8.09. The molecule has 0 amide bonds. The fraction of sp³-hybridized carbons (Fsp3) is 0.778. The Morgan fingerprint density at radius 3 is 1.81 bits per heavy atom. The summed E-state index contributed by atoms with van der Waals surface area (Å²) in [6.45, 7) is 9.27. The van der Waals surface area contributed by atoms with E-state index in [1.807, 2.05) is 0 Å². The SMILES string of the molecule is CC(C)(C)C(=O)OCOC(=O)C(CCCC(=O)O)COC(=O)C(C)(C)C. The molecule has 1 N–H and O–H groups in total. The van der Waals surface area contributed by atoms with E-state index in [2.05, 4.69) is 0 Å². The summed E-state index contributed by atoms with van der Waals surface area (Å²) in [7, 11) is 0. The van der Waals surface area contributed by atoms with Crippen LogP contribution in [0.15, 0.2) is 0 Å². The highest BCUT2D eigenvalue weighted by Gasteiger charge is 2.28. The average molecular weight is 374 g/mol. The number of carbonyl (C=O) groups is 4. The van der Waals surface area contributed by atoms with E-state index in [-0.39, 0.29) is 25.9 Å². The number of ether oxygens (including phenoxy) is 3. The van der Waals surface area contributed by atoms with Crippen LogP contribution in [-0.4, -0.2) is 42.4 Å². The van der Waals surface area contributed by atoms with Gasteiger partial charge in [0.1, 0.15) is 6.61 Å². The highest BCUT2D eigenvalue weighted by molar-refractivity contribution is 5.77. The summed E-state index contributed by atoms with van der Waals surface area (Å²) >= 11 is 0. The van der Waals surface area contributed by atoms with Crippen molar-refractivity contribution in [2.75, 3.05) is 13.4 Å². The molecular formula is C18H30O8. The van der Waals surface area contributed by atoms with E-state index in [4.69, 9.17) is 19.3 Å². The van der Waals surface area contributed by atoms with Gasteiger partial charge in [0, 0.05) is 6.42 Å². The van der Waals surface area contributed by atoms with Gasteiger partial charge in [-0.05, 0) is 54.4 Å². The third-order valence-corrected chi connectivity index (χ3v) is 3.31. The van der Waals surface area contributed by atoms with Crippen LogP contribution in [0.1, 0.15) is 60.8 Å². The van der Waals surface area contributed by atoms with Crippen LogP contribution in [0.3, 0.4) is 0 Å². The third kappa shape index (κ3) is 10.0. The van der Waals surface area contributed by atoms with Crippen molar-refractivity contribution in [3.8, 4) is 0 Å². The lowest BCUT2D eigenvalue weighted by molar-refractivity contribution is -0.177. The van der Waals surface area contributed by atoms with Crippen molar-refractivity contribution in [1.82, 2.24) is 0 Å². The zero-order valence-corrected chi connectivity index (χ0v) is 16.4. The first-order valence-corrected chi connectivity index (χ1v) is 8.48. The Bertz CT molecular complexity index is 510. The molecule has 0 radical (unpaired) electrons. The van der Waals surface area contributed by atoms with Crippen molar-refractivity contribution in [3.63, 3.8) is 0 Å². The molecule has 0 saturated heterocycles. The lowest BCUT2D eigenvalue weighted by Crippen LogP contribution is -2.30. The van der Waals surface area contributed by atoms with Gasteiger partial charge in [0.2, 0.25) is 6.79 Å². The largest absolute Gasteiger partial charge is 0.481 e. The number of hydrogen-bond acceptors (Lipinski definition) is 7. The molecule has 1 unspecified atom stereocenters. The number of carbonyl (C=O) groups excluding carboxylic acids is 3. The molecule has 26 heavy (non-hydrogen) atoms. The maximum absolute atomic E-state index is 12.2. The minimum Gasteiger partial charge on any atom is -0.481 e. The van der Waals surface area contributed by atoms with E-state index in [0.29, 0.717) is 0 Å². The summed E-state index contributed by atoms with van der Waals surface area (Å²) in [5, 5.41) is 8.71. The summed E-state index contributed by atoms with van der Waals surface area (Å²) in [6, 6.07) is 0. The molecule has 0 aliphatic carbocycles. The molecule has 0 fully saturated rings. The van der Waals surface area contributed by atoms with Crippen LogP contribution in [0.4, 0.5) is 0 Å². The Kier molecular flexibility index (Phi) is 9.31. The van der Waals surface area contributed by atoms with Crippen molar-refractivity contribution in [3.05, 3.63) is 0 Å². The van der Waals surface area contributed by atoms with Crippen molar-refractivity contribution in [2.24, 2.45) is 16.7 Å². The zero-order chi connectivity index (χ0) is 20.5. The van der Waals surface area contributed by atoms with Gasteiger partial charge in [-0.1, -0.05) is 0 Å². The standard InChI is InChI=1S/C18H30O8/c1-17(2,3)15(22)24-10-12(8-7-9-13(19)20)14(21)25-11-26-16(23)18(4,5)6/h12H,7-11H2,1-6H3,(H,19,20). The summed E-state index contributed by atoms with van der Waals surface area (Å²) in [6.07, 6.45) is 0.287. The molecular weight excluding hydrogens is 344 g/mol. The molecule has 0 spiro atoms.